The van der Waals surface area contributed by atoms with E-state index in [1.807, 2.05) is 13.8 Å². The molecule has 1 rings (SSSR count). The van der Waals surface area contributed by atoms with Gasteiger partial charge in [-0.2, -0.15) is 0 Å². The third-order valence-electron chi connectivity index (χ3n) is 3.05. The van der Waals surface area contributed by atoms with Gasteiger partial charge in [-0.15, -0.1) is 0 Å². The topological polar surface area (TPSA) is 86.7 Å². The number of hydrogen-bond donors (Lipinski definition) is 2. The number of carboxylic acid groups (broad SMARTS) is 1. The zero-order chi connectivity index (χ0) is 14.4. The molecule has 6 heteroatoms. The molecule has 2 amide bonds. The summed E-state index contributed by atoms with van der Waals surface area (Å²) in [5.74, 6) is -0.905. The summed E-state index contributed by atoms with van der Waals surface area (Å²) in [4.78, 5) is 35.5. The molecule has 0 bridgehead atoms. The average molecular weight is 270 g/mol. The predicted molar refractivity (Wildman–Crippen MR) is 69.5 cm³/mol. The SMILES string of the molecule is CC(C)C[C@@H](CC(=O)O)NC(=O)CN1CCCC1=O. The highest BCUT2D eigenvalue weighted by molar-refractivity contribution is 5.86. The van der Waals surface area contributed by atoms with E-state index in [9.17, 15) is 14.4 Å². The number of hydrogen-bond acceptors (Lipinski definition) is 3. The van der Waals surface area contributed by atoms with Gasteiger partial charge in [-0.05, 0) is 18.8 Å². The number of nitrogens with zero attached hydrogens (tertiary/aromatic N) is 1. The molecule has 1 saturated heterocycles. The molecule has 0 spiro atoms. The van der Waals surface area contributed by atoms with Crippen molar-refractivity contribution in [3.05, 3.63) is 0 Å². The van der Waals surface area contributed by atoms with Crippen LogP contribution in [-0.2, 0) is 14.4 Å². The van der Waals surface area contributed by atoms with Gasteiger partial charge >= 0.3 is 5.97 Å². The van der Waals surface area contributed by atoms with Crippen LogP contribution in [-0.4, -0.2) is 46.9 Å². The summed E-state index contributed by atoms with van der Waals surface area (Å²) >= 11 is 0. The minimum absolute atomic E-state index is 0.00575. The Hall–Kier alpha value is -1.59. The van der Waals surface area contributed by atoms with Crippen molar-refractivity contribution in [2.45, 2.75) is 45.6 Å². The summed E-state index contributed by atoms with van der Waals surface area (Å²) in [5.41, 5.74) is 0. The van der Waals surface area contributed by atoms with Crippen molar-refractivity contribution in [3.8, 4) is 0 Å². The molecule has 1 heterocycles. The van der Waals surface area contributed by atoms with Crippen LogP contribution in [0.5, 0.6) is 0 Å². The molecule has 0 saturated carbocycles. The molecule has 0 aromatic rings. The van der Waals surface area contributed by atoms with Gasteiger partial charge in [0.05, 0.1) is 13.0 Å². The zero-order valence-electron chi connectivity index (χ0n) is 11.5. The normalized spacial score (nSPS) is 16.8. The van der Waals surface area contributed by atoms with Crippen molar-refractivity contribution in [2.24, 2.45) is 5.92 Å². The molecule has 108 valence electrons. The van der Waals surface area contributed by atoms with E-state index in [1.165, 1.54) is 4.90 Å². The molecule has 19 heavy (non-hydrogen) atoms. The maximum absolute atomic E-state index is 11.8. The van der Waals surface area contributed by atoms with E-state index in [2.05, 4.69) is 5.32 Å². The van der Waals surface area contributed by atoms with E-state index in [0.717, 1.165) is 6.42 Å². The van der Waals surface area contributed by atoms with E-state index in [-0.39, 0.29) is 30.8 Å². The monoisotopic (exact) mass is 270 g/mol. The Bertz CT molecular complexity index is 355. The Labute approximate surface area is 113 Å². The highest BCUT2D eigenvalue weighted by atomic mass is 16.4. The number of carboxylic acids is 1. The van der Waals surface area contributed by atoms with Crippen LogP contribution in [0.3, 0.4) is 0 Å². The molecule has 1 fully saturated rings. The second kappa shape index (κ2) is 7.11. The number of carbonyl (C=O) groups is 3. The molecule has 1 aliphatic rings. The molecular weight excluding hydrogens is 248 g/mol. The van der Waals surface area contributed by atoms with E-state index in [0.29, 0.717) is 25.3 Å². The number of amides is 2. The Morgan fingerprint density at radius 1 is 1.42 bits per heavy atom. The predicted octanol–water partition coefficient (Wildman–Crippen LogP) is 0.614. The fourth-order valence-corrected chi connectivity index (χ4v) is 2.29. The first-order valence-corrected chi connectivity index (χ1v) is 6.67. The van der Waals surface area contributed by atoms with Gasteiger partial charge in [0.1, 0.15) is 0 Å². The quantitative estimate of drug-likeness (QED) is 0.710. The summed E-state index contributed by atoms with van der Waals surface area (Å²) < 4.78 is 0. The second-order valence-electron chi connectivity index (χ2n) is 5.41. The first kappa shape index (κ1) is 15.5. The zero-order valence-corrected chi connectivity index (χ0v) is 11.5. The second-order valence-corrected chi connectivity index (χ2v) is 5.41. The number of likely N-dealkylation sites (tertiary alicyclic amines) is 1. The number of carbonyl (C=O) groups excluding carboxylic acids is 2. The highest BCUT2D eigenvalue weighted by Crippen LogP contribution is 2.10. The van der Waals surface area contributed by atoms with Crippen LogP contribution in [0.2, 0.25) is 0 Å². The first-order chi connectivity index (χ1) is 8.88. The van der Waals surface area contributed by atoms with Crippen molar-refractivity contribution in [3.63, 3.8) is 0 Å². The van der Waals surface area contributed by atoms with Crippen molar-refractivity contribution in [1.29, 1.82) is 0 Å². The van der Waals surface area contributed by atoms with Gasteiger partial charge in [0.2, 0.25) is 11.8 Å². The molecule has 1 atom stereocenters. The Kier molecular flexibility index (Phi) is 5.79. The van der Waals surface area contributed by atoms with Crippen LogP contribution in [0.1, 0.15) is 39.5 Å². The Morgan fingerprint density at radius 3 is 2.58 bits per heavy atom. The van der Waals surface area contributed by atoms with Crippen LogP contribution in [0.4, 0.5) is 0 Å². The lowest BCUT2D eigenvalue weighted by molar-refractivity contribution is -0.138. The van der Waals surface area contributed by atoms with Gasteiger partial charge < -0.3 is 15.3 Å². The third-order valence-corrected chi connectivity index (χ3v) is 3.05. The van der Waals surface area contributed by atoms with E-state index >= 15 is 0 Å². The standard InChI is InChI=1S/C13H22N2O4/c1-9(2)6-10(7-13(18)19)14-11(16)8-15-5-3-4-12(15)17/h9-10H,3-8H2,1-2H3,(H,14,16)(H,18,19)/t10-/m0/s1. The van der Waals surface area contributed by atoms with Crippen LogP contribution in [0, 0.1) is 5.92 Å². The average Bonchev–Trinajstić information content (AvgIpc) is 2.61. The molecule has 0 aliphatic carbocycles. The summed E-state index contributed by atoms with van der Waals surface area (Å²) in [7, 11) is 0. The van der Waals surface area contributed by atoms with Gasteiger partial charge in [0, 0.05) is 19.0 Å². The minimum Gasteiger partial charge on any atom is -0.481 e. The molecule has 6 nitrogen and oxygen atoms in total. The fourth-order valence-electron chi connectivity index (χ4n) is 2.29. The molecule has 1 aliphatic heterocycles. The smallest absolute Gasteiger partial charge is 0.305 e. The Morgan fingerprint density at radius 2 is 2.11 bits per heavy atom. The van der Waals surface area contributed by atoms with E-state index in [4.69, 9.17) is 5.11 Å². The van der Waals surface area contributed by atoms with Crippen molar-refractivity contribution >= 4 is 17.8 Å². The summed E-state index contributed by atoms with van der Waals surface area (Å²) in [6.07, 6.45) is 1.82. The van der Waals surface area contributed by atoms with Gasteiger partial charge in [-0.1, -0.05) is 13.8 Å². The Balaban J connectivity index is 2.45. The van der Waals surface area contributed by atoms with Gasteiger partial charge in [-0.3, -0.25) is 14.4 Å². The summed E-state index contributed by atoms with van der Waals surface area (Å²) in [5, 5.41) is 11.5. The van der Waals surface area contributed by atoms with Crippen molar-refractivity contribution in [2.75, 3.05) is 13.1 Å². The van der Waals surface area contributed by atoms with E-state index < -0.39 is 5.97 Å². The molecule has 0 aromatic carbocycles. The molecule has 0 aromatic heterocycles. The number of rotatable bonds is 7. The number of aliphatic carboxylic acids is 1. The van der Waals surface area contributed by atoms with Crippen molar-refractivity contribution < 1.29 is 19.5 Å². The molecule has 0 unspecified atom stereocenters. The third kappa shape index (κ3) is 5.72. The molecular formula is C13H22N2O4. The maximum Gasteiger partial charge on any atom is 0.305 e. The summed E-state index contributed by atoms with van der Waals surface area (Å²) in [6, 6.07) is -0.372. The lowest BCUT2D eigenvalue weighted by atomic mass is 10.0. The molecule has 2 N–H and O–H groups in total. The van der Waals surface area contributed by atoms with E-state index in [1.54, 1.807) is 0 Å². The lowest BCUT2D eigenvalue weighted by Gasteiger charge is -2.21. The fraction of sp³-hybridized carbons (Fsp3) is 0.769. The van der Waals surface area contributed by atoms with Gasteiger partial charge in [-0.25, -0.2) is 0 Å². The van der Waals surface area contributed by atoms with Crippen LogP contribution >= 0.6 is 0 Å². The van der Waals surface area contributed by atoms with Gasteiger partial charge in [0.15, 0.2) is 0 Å². The first-order valence-electron chi connectivity index (χ1n) is 6.67. The minimum atomic E-state index is -0.928. The van der Waals surface area contributed by atoms with Gasteiger partial charge in [0.25, 0.3) is 0 Å². The maximum atomic E-state index is 11.8. The molecule has 0 radical (unpaired) electrons. The van der Waals surface area contributed by atoms with Crippen molar-refractivity contribution in [1.82, 2.24) is 10.2 Å². The number of nitrogens with one attached hydrogen (secondary N) is 1. The lowest BCUT2D eigenvalue weighted by Crippen LogP contribution is -2.43. The summed E-state index contributed by atoms with van der Waals surface area (Å²) in [6.45, 7) is 4.60. The van der Waals surface area contributed by atoms with Crippen LogP contribution in [0.25, 0.3) is 0 Å². The largest absolute Gasteiger partial charge is 0.481 e. The van der Waals surface area contributed by atoms with Crippen LogP contribution < -0.4 is 5.32 Å². The highest BCUT2D eigenvalue weighted by Gasteiger charge is 2.24. The van der Waals surface area contributed by atoms with Crippen LogP contribution in [0.15, 0.2) is 0 Å².